The minimum Gasteiger partial charge on any atom is -0.370 e. The summed E-state index contributed by atoms with van der Waals surface area (Å²) in [7, 11) is 1.99. The highest BCUT2D eigenvalue weighted by molar-refractivity contribution is 9.10. The van der Waals surface area contributed by atoms with E-state index in [9.17, 15) is 4.39 Å². The summed E-state index contributed by atoms with van der Waals surface area (Å²) in [6.45, 7) is 2.61. The molecule has 2 N–H and O–H groups in total. The Hall–Kier alpha value is -1.39. The average Bonchev–Trinajstić information content (AvgIpc) is 2.38. The largest absolute Gasteiger partial charge is 0.370 e. The fraction of sp³-hybridized carbons (Fsp3) is 0.250. The molecule has 2 aromatic rings. The maximum Gasteiger partial charge on any atom is 0.123 e. The summed E-state index contributed by atoms with van der Waals surface area (Å²) in [4.78, 5) is 2.08. The second-order valence-electron chi connectivity index (χ2n) is 4.98. The van der Waals surface area contributed by atoms with Gasteiger partial charge in [0.05, 0.1) is 0 Å². The Labute approximate surface area is 127 Å². The van der Waals surface area contributed by atoms with Crippen LogP contribution in [0.3, 0.4) is 0 Å². The number of rotatable bonds is 4. The zero-order valence-electron chi connectivity index (χ0n) is 11.6. The number of halogens is 2. The lowest BCUT2D eigenvalue weighted by atomic mass is 10.1. The Bertz CT molecular complexity index is 599. The van der Waals surface area contributed by atoms with Crippen molar-refractivity contribution in [1.82, 2.24) is 0 Å². The third-order valence-electron chi connectivity index (χ3n) is 3.20. The van der Waals surface area contributed by atoms with Gasteiger partial charge in [0.15, 0.2) is 0 Å². The van der Waals surface area contributed by atoms with Crippen LogP contribution in [0, 0.1) is 5.82 Å². The molecule has 0 saturated carbocycles. The SMILES string of the molecule is C[C@H](N)c1cc(F)ccc1N(C)Cc1cccc(Br)c1. The van der Waals surface area contributed by atoms with E-state index in [1.165, 1.54) is 17.7 Å². The summed E-state index contributed by atoms with van der Waals surface area (Å²) in [6, 6.07) is 12.7. The van der Waals surface area contributed by atoms with Gasteiger partial charge in [-0.05, 0) is 48.4 Å². The molecule has 20 heavy (non-hydrogen) atoms. The van der Waals surface area contributed by atoms with E-state index in [0.29, 0.717) is 0 Å². The van der Waals surface area contributed by atoms with E-state index >= 15 is 0 Å². The predicted molar refractivity (Wildman–Crippen MR) is 85.3 cm³/mol. The molecule has 0 bridgehead atoms. The summed E-state index contributed by atoms with van der Waals surface area (Å²) in [5, 5.41) is 0. The van der Waals surface area contributed by atoms with Gasteiger partial charge in [0.1, 0.15) is 5.82 Å². The second kappa shape index (κ2) is 6.37. The van der Waals surface area contributed by atoms with Crippen LogP contribution >= 0.6 is 15.9 Å². The van der Waals surface area contributed by atoms with Gasteiger partial charge in [-0.1, -0.05) is 28.1 Å². The average molecular weight is 337 g/mol. The van der Waals surface area contributed by atoms with Crippen molar-refractivity contribution in [2.45, 2.75) is 19.5 Å². The summed E-state index contributed by atoms with van der Waals surface area (Å²) < 4.78 is 14.4. The van der Waals surface area contributed by atoms with Gasteiger partial charge in [0, 0.05) is 29.8 Å². The van der Waals surface area contributed by atoms with Crippen molar-refractivity contribution in [2.75, 3.05) is 11.9 Å². The van der Waals surface area contributed by atoms with Gasteiger partial charge in [-0.25, -0.2) is 4.39 Å². The highest BCUT2D eigenvalue weighted by Crippen LogP contribution is 2.27. The molecule has 0 aliphatic rings. The van der Waals surface area contributed by atoms with Crippen LogP contribution in [-0.4, -0.2) is 7.05 Å². The first-order valence-electron chi connectivity index (χ1n) is 6.48. The topological polar surface area (TPSA) is 29.3 Å². The van der Waals surface area contributed by atoms with Crippen LogP contribution in [0.25, 0.3) is 0 Å². The maximum absolute atomic E-state index is 13.4. The molecule has 0 saturated heterocycles. The minimum atomic E-state index is -0.253. The minimum absolute atomic E-state index is 0.203. The molecule has 2 nitrogen and oxygen atoms in total. The Kier molecular flexibility index (Phi) is 4.78. The molecule has 0 aliphatic heterocycles. The molecular formula is C16H18BrFN2. The van der Waals surface area contributed by atoms with Crippen molar-refractivity contribution in [2.24, 2.45) is 5.73 Å². The second-order valence-corrected chi connectivity index (χ2v) is 5.89. The molecule has 0 radical (unpaired) electrons. The molecule has 0 aliphatic carbocycles. The third-order valence-corrected chi connectivity index (χ3v) is 3.69. The smallest absolute Gasteiger partial charge is 0.123 e. The van der Waals surface area contributed by atoms with Gasteiger partial charge in [0.2, 0.25) is 0 Å². The van der Waals surface area contributed by atoms with E-state index < -0.39 is 0 Å². The number of nitrogens with two attached hydrogens (primary N) is 1. The molecule has 0 unspecified atom stereocenters. The van der Waals surface area contributed by atoms with E-state index in [2.05, 4.69) is 33.0 Å². The molecule has 106 valence electrons. The lowest BCUT2D eigenvalue weighted by Gasteiger charge is -2.24. The summed E-state index contributed by atoms with van der Waals surface area (Å²) in [5.74, 6) is -0.253. The van der Waals surface area contributed by atoms with E-state index in [1.807, 2.05) is 26.1 Å². The molecule has 0 aromatic heterocycles. The van der Waals surface area contributed by atoms with Crippen molar-refractivity contribution in [1.29, 1.82) is 0 Å². The quantitative estimate of drug-likeness (QED) is 0.904. The van der Waals surface area contributed by atoms with E-state index in [1.54, 1.807) is 6.07 Å². The third kappa shape index (κ3) is 3.58. The van der Waals surface area contributed by atoms with E-state index in [-0.39, 0.29) is 11.9 Å². The molecule has 0 heterocycles. The number of hydrogen-bond donors (Lipinski definition) is 1. The van der Waals surface area contributed by atoms with Crippen LogP contribution < -0.4 is 10.6 Å². The molecule has 0 fully saturated rings. The summed E-state index contributed by atoms with van der Waals surface area (Å²) in [6.07, 6.45) is 0. The zero-order chi connectivity index (χ0) is 14.7. The summed E-state index contributed by atoms with van der Waals surface area (Å²) >= 11 is 3.47. The first kappa shape index (κ1) is 15.0. The monoisotopic (exact) mass is 336 g/mol. The number of benzene rings is 2. The van der Waals surface area contributed by atoms with Crippen molar-refractivity contribution in [3.63, 3.8) is 0 Å². The van der Waals surface area contributed by atoms with Gasteiger partial charge in [-0.15, -0.1) is 0 Å². The van der Waals surface area contributed by atoms with Crippen LogP contribution in [0.5, 0.6) is 0 Å². The van der Waals surface area contributed by atoms with Crippen LogP contribution in [0.1, 0.15) is 24.1 Å². The molecule has 0 amide bonds. The first-order valence-corrected chi connectivity index (χ1v) is 7.27. The highest BCUT2D eigenvalue weighted by Gasteiger charge is 2.12. The van der Waals surface area contributed by atoms with Crippen molar-refractivity contribution >= 4 is 21.6 Å². The molecule has 2 rings (SSSR count). The van der Waals surface area contributed by atoms with Crippen molar-refractivity contribution in [3.05, 3.63) is 63.9 Å². The first-order chi connectivity index (χ1) is 9.47. The summed E-state index contributed by atoms with van der Waals surface area (Å²) in [5.41, 5.74) is 8.90. The number of nitrogens with zero attached hydrogens (tertiary/aromatic N) is 1. The molecular weight excluding hydrogens is 319 g/mol. The fourth-order valence-corrected chi connectivity index (χ4v) is 2.68. The van der Waals surface area contributed by atoms with Gasteiger partial charge < -0.3 is 10.6 Å². The van der Waals surface area contributed by atoms with Gasteiger partial charge in [-0.2, -0.15) is 0 Å². The molecule has 4 heteroatoms. The lowest BCUT2D eigenvalue weighted by molar-refractivity contribution is 0.622. The Morgan fingerprint density at radius 2 is 2.00 bits per heavy atom. The van der Waals surface area contributed by atoms with E-state index in [4.69, 9.17) is 5.73 Å². The van der Waals surface area contributed by atoms with Crippen LogP contribution in [0.4, 0.5) is 10.1 Å². The van der Waals surface area contributed by atoms with Gasteiger partial charge >= 0.3 is 0 Å². The predicted octanol–water partition coefficient (Wildman–Crippen LogP) is 4.24. The number of anilines is 1. The highest BCUT2D eigenvalue weighted by atomic mass is 79.9. The van der Waals surface area contributed by atoms with Crippen LogP contribution in [0.15, 0.2) is 46.9 Å². The number of hydrogen-bond acceptors (Lipinski definition) is 2. The molecule has 1 atom stereocenters. The van der Waals surface area contributed by atoms with E-state index in [0.717, 1.165) is 22.3 Å². The maximum atomic E-state index is 13.4. The standard InChI is InChI=1S/C16H18BrFN2/c1-11(19)15-9-14(18)6-7-16(15)20(2)10-12-4-3-5-13(17)8-12/h3-9,11H,10,19H2,1-2H3/t11-/m0/s1. The fourth-order valence-electron chi connectivity index (χ4n) is 2.23. The van der Waals surface area contributed by atoms with Gasteiger partial charge in [-0.3, -0.25) is 0 Å². The van der Waals surface area contributed by atoms with Crippen molar-refractivity contribution in [3.8, 4) is 0 Å². The Morgan fingerprint density at radius 1 is 1.25 bits per heavy atom. The lowest BCUT2D eigenvalue weighted by Crippen LogP contribution is -2.20. The molecule has 0 spiro atoms. The van der Waals surface area contributed by atoms with Crippen molar-refractivity contribution < 1.29 is 4.39 Å². The van der Waals surface area contributed by atoms with Crippen LogP contribution in [0.2, 0.25) is 0 Å². The Balaban J connectivity index is 2.27. The van der Waals surface area contributed by atoms with Crippen LogP contribution in [-0.2, 0) is 6.54 Å². The molecule has 2 aromatic carbocycles. The Morgan fingerprint density at radius 3 is 2.65 bits per heavy atom. The zero-order valence-corrected chi connectivity index (χ0v) is 13.2. The normalized spacial score (nSPS) is 12.2. The van der Waals surface area contributed by atoms with Gasteiger partial charge in [0.25, 0.3) is 0 Å².